The third-order valence-electron chi connectivity index (χ3n) is 4.45. The maximum absolute atomic E-state index is 13.7. The number of ether oxygens (including phenoxy) is 1. The molecule has 0 atom stereocenters. The number of rotatable bonds is 10. The maximum Gasteiger partial charge on any atom is 0.289 e. The maximum atomic E-state index is 13.7. The highest BCUT2D eigenvalue weighted by Crippen LogP contribution is 2.32. The van der Waals surface area contributed by atoms with Crippen LogP contribution in [0.1, 0.15) is 28.5 Å². The quantitative estimate of drug-likeness (QED) is 0.176. The van der Waals surface area contributed by atoms with Crippen molar-refractivity contribution >= 4 is 22.7 Å². The zero-order chi connectivity index (χ0) is 21.7. The van der Waals surface area contributed by atoms with Crippen LogP contribution in [0.25, 0.3) is 11.0 Å². The van der Waals surface area contributed by atoms with E-state index in [1.807, 2.05) is 6.92 Å². The standard InChI is InChI=1S/C20H21FN4O5/c1-3-14-15(17(26)18(22)27)16-19(23-11-24-20(16)29-7-8-30-28-2)25(14)10-12-5-4-6-13(21)9-12/h4-6,9,11H,3,7-8,10H2,1-2H3,(H2,22,27). The van der Waals surface area contributed by atoms with Crippen LogP contribution < -0.4 is 10.5 Å². The van der Waals surface area contributed by atoms with Crippen molar-refractivity contribution in [1.29, 1.82) is 0 Å². The molecule has 1 aromatic carbocycles. The molecule has 10 heteroatoms. The fourth-order valence-corrected chi connectivity index (χ4v) is 3.28. The van der Waals surface area contributed by atoms with Gasteiger partial charge in [-0.15, -0.1) is 0 Å². The second kappa shape index (κ2) is 9.42. The van der Waals surface area contributed by atoms with E-state index in [9.17, 15) is 14.0 Å². The van der Waals surface area contributed by atoms with Crippen LogP contribution in [0.5, 0.6) is 5.88 Å². The highest BCUT2D eigenvalue weighted by atomic mass is 19.1. The number of amides is 1. The molecule has 2 aromatic heterocycles. The topological polar surface area (TPSA) is 119 Å². The molecular weight excluding hydrogens is 395 g/mol. The van der Waals surface area contributed by atoms with Crippen LogP contribution in [0.4, 0.5) is 4.39 Å². The van der Waals surface area contributed by atoms with Crippen molar-refractivity contribution in [3.63, 3.8) is 0 Å². The fraction of sp³-hybridized carbons (Fsp3) is 0.300. The third-order valence-corrected chi connectivity index (χ3v) is 4.45. The molecule has 9 nitrogen and oxygen atoms in total. The van der Waals surface area contributed by atoms with E-state index in [0.29, 0.717) is 23.3 Å². The van der Waals surface area contributed by atoms with Gasteiger partial charge in [0.05, 0.1) is 18.1 Å². The first-order chi connectivity index (χ1) is 14.5. The minimum absolute atomic E-state index is 0.0830. The SMILES string of the molecule is CCc1c(C(=O)C(N)=O)c2c(OCCOOC)ncnc2n1Cc1cccc(F)c1. The molecule has 158 valence electrons. The number of ketones is 1. The number of primary amides is 1. The Morgan fingerprint density at radius 2 is 2.03 bits per heavy atom. The fourth-order valence-electron chi connectivity index (χ4n) is 3.28. The third kappa shape index (κ3) is 4.29. The number of benzene rings is 1. The van der Waals surface area contributed by atoms with Crippen LogP contribution >= 0.6 is 0 Å². The summed E-state index contributed by atoms with van der Waals surface area (Å²) in [5.74, 6) is -2.25. The van der Waals surface area contributed by atoms with E-state index in [4.69, 9.17) is 15.4 Å². The van der Waals surface area contributed by atoms with Gasteiger partial charge in [0.1, 0.15) is 31.0 Å². The molecule has 3 rings (SSSR count). The molecule has 0 aliphatic rings. The molecule has 0 spiro atoms. The normalized spacial score (nSPS) is 11.0. The molecule has 30 heavy (non-hydrogen) atoms. The zero-order valence-corrected chi connectivity index (χ0v) is 16.6. The van der Waals surface area contributed by atoms with Gasteiger partial charge in [0.2, 0.25) is 5.88 Å². The number of carbonyl (C=O) groups is 2. The van der Waals surface area contributed by atoms with E-state index in [2.05, 4.69) is 14.9 Å². The van der Waals surface area contributed by atoms with Gasteiger partial charge in [0.25, 0.3) is 11.7 Å². The summed E-state index contributed by atoms with van der Waals surface area (Å²) in [5.41, 5.74) is 6.93. The number of aromatic nitrogens is 3. The summed E-state index contributed by atoms with van der Waals surface area (Å²) < 4.78 is 21.1. The van der Waals surface area contributed by atoms with Crippen LogP contribution in [-0.4, -0.2) is 46.5 Å². The Kier molecular flexibility index (Phi) is 6.70. The van der Waals surface area contributed by atoms with Crippen molar-refractivity contribution < 1.29 is 28.5 Å². The first-order valence-corrected chi connectivity index (χ1v) is 9.20. The van der Waals surface area contributed by atoms with Crippen LogP contribution in [0.15, 0.2) is 30.6 Å². The lowest BCUT2D eigenvalue weighted by atomic mass is 10.1. The van der Waals surface area contributed by atoms with Crippen LogP contribution in [0.2, 0.25) is 0 Å². The predicted molar refractivity (Wildman–Crippen MR) is 104 cm³/mol. The molecule has 0 bridgehead atoms. The minimum Gasteiger partial charge on any atom is -0.475 e. The van der Waals surface area contributed by atoms with Gasteiger partial charge < -0.3 is 15.0 Å². The van der Waals surface area contributed by atoms with Gasteiger partial charge in [-0.2, -0.15) is 0 Å². The van der Waals surface area contributed by atoms with Gasteiger partial charge in [-0.3, -0.25) is 9.59 Å². The summed E-state index contributed by atoms with van der Waals surface area (Å²) in [7, 11) is 1.37. The lowest BCUT2D eigenvalue weighted by Gasteiger charge is -2.10. The van der Waals surface area contributed by atoms with Crippen LogP contribution in [0.3, 0.4) is 0 Å². The number of nitrogens with two attached hydrogens (primary N) is 1. The molecule has 1 amide bonds. The number of fused-ring (bicyclic) bond motifs is 1. The van der Waals surface area contributed by atoms with Gasteiger partial charge >= 0.3 is 0 Å². The van der Waals surface area contributed by atoms with Crippen LogP contribution in [-0.2, 0) is 27.5 Å². The average Bonchev–Trinajstić information content (AvgIpc) is 3.04. The number of hydrogen-bond donors (Lipinski definition) is 1. The van der Waals surface area contributed by atoms with Crippen LogP contribution in [0, 0.1) is 5.82 Å². The Morgan fingerprint density at radius 3 is 2.70 bits per heavy atom. The first kappa shape index (κ1) is 21.3. The molecule has 0 saturated heterocycles. The van der Waals surface area contributed by atoms with E-state index in [1.165, 1.54) is 25.6 Å². The number of Topliss-reactive ketones (excluding diaryl/α,β-unsaturated/α-hetero) is 1. The lowest BCUT2D eigenvalue weighted by Crippen LogP contribution is -2.24. The number of carbonyl (C=O) groups excluding carboxylic acids is 2. The molecular formula is C20H21FN4O5. The van der Waals surface area contributed by atoms with Crippen molar-refractivity contribution in [2.24, 2.45) is 5.73 Å². The number of hydrogen-bond acceptors (Lipinski definition) is 7. The first-order valence-electron chi connectivity index (χ1n) is 9.20. The molecule has 0 aliphatic heterocycles. The number of halogens is 1. The Hall–Kier alpha value is -3.37. The molecule has 2 N–H and O–H groups in total. The molecule has 0 saturated carbocycles. The van der Waals surface area contributed by atoms with Crippen molar-refractivity contribution in [3.05, 3.63) is 53.2 Å². The summed E-state index contributed by atoms with van der Waals surface area (Å²) >= 11 is 0. The second-order valence-electron chi connectivity index (χ2n) is 6.30. The second-order valence-corrected chi connectivity index (χ2v) is 6.30. The summed E-state index contributed by atoms with van der Waals surface area (Å²) in [6, 6.07) is 6.08. The largest absolute Gasteiger partial charge is 0.475 e. The van der Waals surface area contributed by atoms with Gasteiger partial charge in [-0.1, -0.05) is 19.1 Å². The van der Waals surface area contributed by atoms with Crippen molar-refractivity contribution in [2.75, 3.05) is 20.3 Å². The van der Waals surface area contributed by atoms with E-state index in [1.54, 1.807) is 16.7 Å². The Labute approximate surface area is 171 Å². The van der Waals surface area contributed by atoms with Gasteiger partial charge in [-0.25, -0.2) is 24.1 Å². The molecule has 0 radical (unpaired) electrons. The molecule has 3 aromatic rings. The van der Waals surface area contributed by atoms with E-state index >= 15 is 0 Å². The Bertz CT molecular complexity index is 1080. The Morgan fingerprint density at radius 1 is 1.23 bits per heavy atom. The Balaban J connectivity index is 2.18. The van der Waals surface area contributed by atoms with E-state index in [-0.39, 0.29) is 42.4 Å². The molecule has 0 aliphatic carbocycles. The summed E-state index contributed by atoms with van der Waals surface area (Å²) in [6.45, 7) is 2.26. The minimum atomic E-state index is -1.10. The van der Waals surface area contributed by atoms with E-state index < -0.39 is 11.7 Å². The smallest absolute Gasteiger partial charge is 0.289 e. The van der Waals surface area contributed by atoms with Gasteiger partial charge in [0, 0.05) is 12.2 Å². The van der Waals surface area contributed by atoms with Crippen molar-refractivity contribution in [1.82, 2.24) is 14.5 Å². The van der Waals surface area contributed by atoms with E-state index in [0.717, 1.165) is 0 Å². The zero-order valence-electron chi connectivity index (χ0n) is 16.6. The molecule has 0 unspecified atom stereocenters. The summed E-state index contributed by atoms with van der Waals surface area (Å²) in [5, 5.41) is 0.270. The molecule has 0 fully saturated rings. The van der Waals surface area contributed by atoms with Crippen molar-refractivity contribution in [3.8, 4) is 5.88 Å². The van der Waals surface area contributed by atoms with Crippen molar-refractivity contribution in [2.45, 2.75) is 19.9 Å². The highest BCUT2D eigenvalue weighted by molar-refractivity contribution is 6.45. The highest BCUT2D eigenvalue weighted by Gasteiger charge is 2.28. The number of nitrogens with zero attached hydrogens (tertiary/aromatic N) is 3. The lowest BCUT2D eigenvalue weighted by molar-refractivity contribution is -0.275. The van der Waals surface area contributed by atoms with Gasteiger partial charge in [0.15, 0.2) is 0 Å². The monoisotopic (exact) mass is 416 g/mol. The summed E-state index contributed by atoms with van der Waals surface area (Å²) in [6.07, 6.45) is 1.68. The summed E-state index contributed by atoms with van der Waals surface area (Å²) in [4.78, 5) is 42.1. The average molecular weight is 416 g/mol. The van der Waals surface area contributed by atoms with Gasteiger partial charge in [-0.05, 0) is 24.1 Å². The predicted octanol–water partition coefficient (Wildman–Crippen LogP) is 1.81. The molecule has 2 heterocycles.